The summed E-state index contributed by atoms with van der Waals surface area (Å²) in [6.45, 7) is 9.12. The van der Waals surface area contributed by atoms with E-state index in [-0.39, 0.29) is 5.41 Å². The number of fused-ring (bicyclic) bond motifs is 2. The number of nitrogens with one attached hydrogen (secondary N) is 2. The molecular weight excluding hydrogens is 260 g/mol. The molecule has 3 nitrogen and oxygen atoms in total. The molecule has 2 saturated carbocycles. The maximum Gasteiger partial charge on any atom is 0.226 e. The lowest BCUT2D eigenvalue weighted by atomic mass is 9.53. The van der Waals surface area contributed by atoms with Crippen molar-refractivity contribution in [2.75, 3.05) is 13.1 Å². The smallest absolute Gasteiger partial charge is 0.226 e. The average molecular weight is 292 g/mol. The third-order valence-electron chi connectivity index (χ3n) is 6.14. The number of carbonyl (C=O) groups excluding carboxylic acids is 1. The number of carbonyl (C=O) groups is 1. The van der Waals surface area contributed by atoms with Crippen LogP contribution in [0.25, 0.3) is 0 Å². The van der Waals surface area contributed by atoms with Gasteiger partial charge in [0.25, 0.3) is 0 Å². The fourth-order valence-corrected chi connectivity index (χ4v) is 5.81. The molecule has 0 aromatic heterocycles. The monoisotopic (exact) mass is 292 g/mol. The van der Waals surface area contributed by atoms with E-state index in [9.17, 15) is 4.79 Å². The summed E-state index contributed by atoms with van der Waals surface area (Å²) >= 11 is 0. The Balaban J connectivity index is 1.67. The molecule has 0 aromatic rings. The highest BCUT2D eigenvalue weighted by Gasteiger charge is 2.50. The summed E-state index contributed by atoms with van der Waals surface area (Å²) in [7, 11) is 0. The third kappa shape index (κ3) is 3.28. The van der Waals surface area contributed by atoms with Gasteiger partial charge in [-0.2, -0.15) is 0 Å². The Morgan fingerprint density at radius 3 is 2.52 bits per heavy atom. The summed E-state index contributed by atoms with van der Waals surface area (Å²) in [5, 5.41) is 6.74. The minimum atomic E-state index is -0.136. The number of amides is 1. The number of hydrogen-bond donors (Lipinski definition) is 2. The highest BCUT2D eigenvalue weighted by Crippen LogP contribution is 2.56. The third-order valence-corrected chi connectivity index (χ3v) is 6.14. The van der Waals surface area contributed by atoms with E-state index in [1.807, 2.05) is 0 Å². The van der Waals surface area contributed by atoms with Crippen molar-refractivity contribution in [3.8, 4) is 0 Å². The Morgan fingerprint density at radius 1 is 1.14 bits per heavy atom. The van der Waals surface area contributed by atoms with Gasteiger partial charge < -0.3 is 10.6 Å². The average Bonchev–Trinajstić information content (AvgIpc) is 2.36. The molecule has 0 aromatic carbocycles. The molecule has 120 valence electrons. The van der Waals surface area contributed by atoms with Gasteiger partial charge in [-0.1, -0.05) is 20.8 Å². The van der Waals surface area contributed by atoms with Crippen molar-refractivity contribution in [1.29, 1.82) is 0 Å². The van der Waals surface area contributed by atoms with Gasteiger partial charge in [0.1, 0.15) is 0 Å². The van der Waals surface area contributed by atoms with Crippen molar-refractivity contribution in [1.82, 2.24) is 10.6 Å². The minimum Gasteiger partial charge on any atom is -0.353 e. The Labute approximate surface area is 129 Å². The van der Waals surface area contributed by atoms with Crippen LogP contribution in [0.3, 0.4) is 0 Å². The van der Waals surface area contributed by atoms with Gasteiger partial charge in [0, 0.05) is 11.5 Å². The molecule has 3 rings (SSSR count). The summed E-state index contributed by atoms with van der Waals surface area (Å²) in [4.78, 5) is 12.9. The summed E-state index contributed by atoms with van der Waals surface area (Å²) in [6.07, 6.45) is 8.32. The van der Waals surface area contributed by atoms with E-state index in [0.29, 0.717) is 17.4 Å². The molecule has 1 amide bonds. The molecule has 1 saturated heterocycles. The van der Waals surface area contributed by atoms with Crippen molar-refractivity contribution < 1.29 is 4.79 Å². The summed E-state index contributed by atoms with van der Waals surface area (Å²) in [5.41, 5.74) is 0.253. The molecule has 1 heterocycles. The Morgan fingerprint density at radius 2 is 1.86 bits per heavy atom. The molecule has 3 heteroatoms. The molecule has 0 radical (unpaired) electrons. The van der Waals surface area contributed by atoms with Gasteiger partial charge >= 0.3 is 0 Å². The minimum absolute atomic E-state index is 0.136. The van der Waals surface area contributed by atoms with E-state index in [1.54, 1.807) is 0 Å². The van der Waals surface area contributed by atoms with Gasteiger partial charge in [-0.05, 0) is 75.3 Å². The zero-order valence-corrected chi connectivity index (χ0v) is 14.0. The van der Waals surface area contributed by atoms with Gasteiger partial charge in [-0.15, -0.1) is 0 Å². The van der Waals surface area contributed by atoms with Crippen molar-refractivity contribution in [2.24, 2.45) is 22.7 Å². The second-order valence-electron chi connectivity index (χ2n) is 8.87. The van der Waals surface area contributed by atoms with E-state index in [1.165, 1.54) is 19.3 Å². The lowest BCUT2D eigenvalue weighted by Crippen LogP contribution is -2.53. The molecule has 3 aliphatic rings. The van der Waals surface area contributed by atoms with E-state index in [0.717, 1.165) is 50.6 Å². The van der Waals surface area contributed by atoms with Crippen LogP contribution in [-0.2, 0) is 4.79 Å². The van der Waals surface area contributed by atoms with Crippen LogP contribution in [0.1, 0.15) is 65.7 Å². The van der Waals surface area contributed by atoms with Crippen molar-refractivity contribution >= 4 is 5.91 Å². The van der Waals surface area contributed by atoms with Crippen LogP contribution in [-0.4, -0.2) is 25.0 Å². The first kappa shape index (κ1) is 15.3. The molecule has 4 unspecified atom stereocenters. The van der Waals surface area contributed by atoms with Gasteiger partial charge in [-0.3, -0.25) is 4.79 Å². The van der Waals surface area contributed by atoms with Gasteiger partial charge in [0.15, 0.2) is 0 Å². The van der Waals surface area contributed by atoms with E-state index >= 15 is 0 Å². The molecule has 2 aliphatic carbocycles. The Hall–Kier alpha value is -0.570. The number of hydrogen-bond acceptors (Lipinski definition) is 2. The number of rotatable bonds is 2. The predicted molar refractivity (Wildman–Crippen MR) is 86.0 cm³/mol. The van der Waals surface area contributed by atoms with Crippen LogP contribution >= 0.6 is 0 Å². The quantitative estimate of drug-likeness (QED) is 0.821. The van der Waals surface area contributed by atoms with Crippen LogP contribution < -0.4 is 10.6 Å². The van der Waals surface area contributed by atoms with E-state index in [4.69, 9.17) is 0 Å². The first-order chi connectivity index (χ1) is 9.89. The summed E-state index contributed by atoms with van der Waals surface area (Å²) in [6, 6.07) is 0.393. The summed E-state index contributed by atoms with van der Waals surface area (Å²) in [5.74, 6) is 1.93. The Kier molecular flexibility index (Phi) is 4.06. The maximum atomic E-state index is 12.9. The van der Waals surface area contributed by atoms with Gasteiger partial charge in [-0.25, -0.2) is 0 Å². The molecule has 0 spiro atoms. The highest BCUT2D eigenvalue weighted by molar-refractivity contribution is 5.82. The van der Waals surface area contributed by atoms with Crippen molar-refractivity contribution in [3.05, 3.63) is 0 Å². The molecule has 4 atom stereocenters. The van der Waals surface area contributed by atoms with Crippen LogP contribution in [0.15, 0.2) is 0 Å². The molecule has 2 bridgehead atoms. The van der Waals surface area contributed by atoms with Crippen LogP contribution in [0.5, 0.6) is 0 Å². The normalized spacial score (nSPS) is 44.3. The second-order valence-corrected chi connectivity index (χ2v) is 8.87. The molecule has 2 N–H and O–H groups in total. The van der Waals surface area contributed by atoms with E-state index in [2.05, 4.69) is 31.4 Å². The first-order valence-corrected chi connectivity index (χ1v) is 8.90. The lowest BCUT2D eigenvalue weighted by molar-refractivity contribution is -0.139. The molecule has 1 aliphatic heterocycles. The van der Waals surface area contributed by atoms with Gasteiger partial charge in [0.05, 0.1) is 0 Å². The highest BCUT2D eigenvalue weighted by atomic mass is 16.2. The predicted octanol–water partition coefficient (Wildman–Crippen LogP) is 3.10. The summed E-state index contributed by atoms with van der Waals surface area (Å²) < 4.78 is 0. The fraction of sp³-hybridized carbons (Fsp3) is 0.944. The SMILES string of the molecule is CC1CC2CC(C)(C1)CC(C)(C(=O)NC1CCNCC1)C2. The zero-order valence-electron chi connectivity index (χ0n) is 14.0. The van der Waals surface area contributed by atoms with Crippen molar-refractivity contribution in [2.45, 2.75) is 71.8 Å². The second kappa shape index (κ2) is 5.57. The zero-order chi connectivity index (χ0) is 15.1. The van der Waals surface area contributed by atoms with Crippen LogP contribution in [0.4, 0.5) is 0 Å². The Bertz CT molecular complexity index is 400. The molecule has 21 heavy (non-hydrogen) atoms. The number of piperidine rings is 1. The largest absolute Gasteiger partial charge is 0.353 e. The first-order valence-electron chi connectivity index (χ1n) is 8.90. The van der Waals surface area contributed by atoms with Crippen molar-refractivity contribution in [3.63, 3.8) is 0 Å². The van der Waals surface area contributed by atoms with Crippen LogP contribution in [0.2, 0.25) is 0 Å². The fourth-order valence-electron chi connectivity index (χ4n) is 5.81. The standard InChI is InChI=1S/C18H32N2O/c1-13-8-14-10-17(2,9-13)12-18(3,11-14)16(21)20-15-4-6-19-7-5-15/h13-15,19H,4-12H2,1-3H3,(H,20,21). The lowest BCUT2D eigenvalue weighted by Gasteiger charge is -2.52. The van der Waals surface area contributed by atoms with E-state index < -0.39 is 0 Å². The topological polar surface area (TPSA) is 41.1 Å². The van der Waals surface area contributed by atoms with Gasteiger partial charge in [0.2, 0.25) is 5.91 Å². The van der Waals surface area contributed by atoms with Crippen LogP contribution in [0, 0.1) is 22.7 Å². The molecule has 3 fully saturated rings. The maximum absolute atomic E-state index is 12.9. The molecular formula is C18H32N2O.